The number of imide groups is 1. The summed E-state index contributed by atoms with van der Waals surface area (Å²) in [7, 11) is 0. The van der Waals surface area contributed by atoms with E-state index in [0.717, 1.165) is 28.5 Å². The average molecular weight is 499 g/mol. The van der Waals surface area contributed by atoms with Crippen LogP contribution in [0.1, 0.15) is 25.6 Å². The summed E-state index contributed by atoms with van der Waals surface area (Å²) in [5.74, 6) is -1.09. The summed E-state index contributed by atoms with van der Waals surface area (Å²) in [5.41, 5.74) is 2.03. The van der Waals surface area contributed by atoms with Gasteiger partial charge in [0.05, 0.1) is 17.2 Å². The van der Waals surface area contributed by atoms with Crippen LogP contribution in [0.3, 0.4) is 0 Å². The Morgan fingerprint density at radius 2 is 1.94 bits per heavy atom. The van der Waals surface area contributed by atoms with E-state index >= 15 is 0 Å². The second-order valence-corrected chi connectivity index (χ2v) is 8.56. The summed E-state index contributed by atoms with van der Waals surface area (Å²) in [6.07, 6.45) is 1.53. The zero-order valence-electron chi connectivity index (χ0n) is 18.9. The highest BCUT2D eigenvalue weighted by atomic mass is 35.5. The van der Waals surface area contributed by atoms with Gasteiger partial charge < -0.3 is 10.0 Å². The maximum Gasteiger partial charge on any atom is 0.271 e. The first-order valence-electron chi connectivity index (χ1n) is 10.6. The molecule has 11 heteroatoms. The van der Waals surface area contributed by atoms with Crippen molar-refractivity contribution in [1.29, 1.82) is 5.26 Å². The van der Waals surface area contributed by atoms with Crippen LogP contribution in [0.2, 0.25) is 5.15 Å². The molecule has 2 amide bonds. The molecule has 0 fully saturated rings. The van der Waals surface area contributed by atoms with Gasteiger partial charge in [-0.25, -0.2) is 4.98 Å². The van der Waals surface area contributed by atoms with Crippen molar-refractivity contribution in [3.8, 4) is 6.07 Å². The number of thiazole rings is 1. The van der Waals surface area contributed by atoms with Crippen LogP contribution in [0.5, 0.6) is 0 Å². The molecule has 1 aromatic heterocycles. The first-order chi connectivity index (χ1) is 16.3. The second-order valence-electron chi connectivity index (χ2n) is 7.20. The van der Waals surface area contributed by atoms with E-state index in [2.05, 4.69) is 15.2 Å². The Morgan fingerprint density at radius 1 is 1.24 bits per heavy atom. The number of azo groups is 1. The number of aliphatic hydroxyl groups excluding tert-OH is 1. The van der Waals surface area contributed by atoms with Gasteiger partial charge in [-0.2, -0.15) is 5.26 Å². The summed E-state index contributed by atoms with van der Waals surface area (Å²) in [6, 6.07) is 9.30. The number of aliphatic hydroxyl groups is 1. The number of hydrogen-bond acceptors (Lipinski definition) is 9. The van der Waals surface area contributed by atoms with E-state index in [9.17, 15) is 14.9 Å². The fraction of sp³-hybridized carbons (Fsp3) is 0.304. The molecule has 34 heavy (non-hydrogen) atoms. The quantitative estimate of drug-likeness (QED) is 0.321. The fourth-order valence-electron chi connectivity index (χ4n) is 3.40. The minimum Gasteiger partial charge on any atom is -0.395 e. The molecular formula is C23H23ClN6O3S. The highest BCUT2D eigenvalue weighted by Gasteiger charge is 2.34. The monoisotopic (exact) mass is 498 g/mol. The van der Waals surface area contributed by atoms with Crippen molar-refractivity contribution in [2.45, 2.75) is 20.8 Å². The van der Waals surface area contributed by atoms with Gasteiger partial charge >= 0.3 is 0 Å². The van der Waals surface area contributed by atoms with Crippen LogP contribution in [0.25, 0.3) is 6.08 Å². The van der Waals surface area contributed by atoms with Gasteiger partial charge in [-0.1, -0.05) is 22.9 Å². The van der Waals surface area contributed by atoms with Gasteiger partial charge in [0.1, 0.15) is 16.8 Å². The Bertz CT molecular complexity index is 1230. The van der Waals surface area contributed by atoms with Crippen molar-refractivity contribution >= 4 is 57.3 Å². The number of nitrogens with zero attached hydrogens (tertiary/aromatic N) is 6. The van der Waals surface area contributed by atoms with Crippen molar-refractivity contribution in [3.63, 3.8) is 0 Å². The van der Waals surface area contributed by atoms with Crippen LogP contribution in [-0.4, -0.2) is 53.0 Å². The molecule has 2 heterocycles. The number of likely N-dealkylation sites (N-methyl/N-ethyl adjacent to an activating group) is 2. The Kier molecular flexibility index (Phi) is 8.28. The van der Waals surface area contributed by atoms with Gasteiger partial charge in [-0.05, 0) is 56.7 Å². The van der Waals surface area contributed by atoms with Crippen molar-refractivity contribution in [2.75, 3.05) is 31.1 Å². The molecule has 1 aromatic carbocycles. The third kappa shape index (κ3) is 5.22. The molecule has 0 saturated heterocycles. The van der Waals surface area contributed by atoms with E-state index in [0.29, 0.717) is 27.8 Å². The largest absolute Gasteiger partial charge is 0.395 e. The lowest BCUT2D eigenvalue weighted by atomic mass is 9.95. The van der Waals surface area contributed by atoms with Gasteiger partial charge in [0, 0.05) is 30.9 Å². The molecule has 1 aliphatic rings. The van der Waals surface area contributed by atoms with E-state index in [4.69, 9.17) is 16.7 Å². The molecule has 0 bridgehead atoms. The third-order valence-electron chi connectivity index (χ3n) is 5.23. The van der Waals surface area contributed by atoms with Gasteiger partial charge in [-0.15, -0.1) is 10.2 Å². The predicted octanol–water partition coefficient (Wildman–Crippen LogP) is 4.64. The SMILES string of the molecule is CCN1C(=O)C(C#N)=C(C)/C(=C\c2sc(N=Nc3ccc(N(CC)CCO)cc3)nc2Cl)C1=O. The first kappa shape index (κ1) is 25.2. The average Bonchev–Trinajstić information content (AvgIpc) is 3.19. The Morgan fingerprint density at radius 3 is 2.53 bits per heavy atom. The van der Waals surface area contributed by atoms with Crippen LogP contribution in [0, 0.1) is 11.3 Å². The predicted molar refractivity (Wildman–Crippen MR) is 131 cm³/mol. The number of hydrogen-bond donors (Lipinski definition) is 1. The number of carbonyl (C=O) groups excluding carboxylic acids is 2. The number of benzene rings is 1. The molecule has 0 aliphatic carbocycles. The topological polar surface area (TPSA) is 122 Å². The molecule has 0 unspecified atom stereocenters. The van der Waals surface area contributed by atoms with Gasteiger partial charge in [0.2, 0.25) is 5.13 Å². The summed E-state index contributed by atoms with van der Waals surface area (Å²) in [6.45, 7) is 6.79. The zero-order valence-corrected chi connectivity index (χ0v) is 20.5. The normalized spacial score (nSPS) is 15.5. The molecule has 0 radical (unpaired) electrons. The van der Waals surface area contributed by atoms with Gasteiger partial charge in [-0.3, -0.25) is 14.5 Å². The summed E-state index contributed by atoms with van der Waals surface area (Å²) in [4.78, 5) is 32.8. The van der Waals surface area contributed by atoms with Crippen LogP contribution >= 0.6 is 22.9 Å². The minimum absolute atomic E-state index is 0.0719. The maximum atomic E-state index is 12.8. The minimum atomic E-state index is -0.598. The number of aromatic nitrogens is 1. The van der Waals surface area contributed by atoms with Gasteiger partial charge in [0.25, 0.3) is 11.8 Å². The molecule has 2 aromatic rings. The Labute approximate surface area is 206 Å². The lowest BCUT2D eigenvalue weighted by molar-refractivity contribution is -0.140. The highest BCUT2D eigenvalue weighted by molar-refractivity contribution is 7.16. The molecule has 1 N–H and O–H groups in total. The number of rotatable bonds is 8. The van der Waals surface area contributed by atoms with E-state index in [-0.39, 0.29) is 29.5 Å². The van der Waals surface area contributed by atoms with Crippen LogP contribution in [-0.2, 0) is 9.59 Å². The maximum absolute atomic E-state index is 12.8. The lowest BCUT2D eigenvalue weighted by Gasteiger charge is -2.26. The van der Waals surface area contributed by atoms with Crippen LogP contribution in [0.15, 0.2) is 51.2 Å². The number of anilines is 1. The summed E-state index contributed by atoms with van der Waals surface area (Å²) < 4.78 is 0. The highest BCUT2D eigenvalue weighted by Crippen LogP contribution is 2.35. The lowest BCUT2D eigenvalue weighted by Crippen LogP contribution is -2.42. The Hall–Kier alpha value is -3.39. The van der Waals surface area contributed by atoms with E-state index in [1.54, 1.807) is 13.8 Å². The zero-order chi connectivity index (χ0) is 24.8. The standard InChI is InChI=1S/C23H23ClN6O3S/c1-4-29(10-11-31)16-8-6-15(7-9-16)27-28-23-26-20(24)19(34-23)12-17-14(3)18(13-25)22(33)30(5-2)21(17)32/h6-9,12,31H,4-5,10-11H2,1-3H3/b17-12+,28-27?. The van der Waals surface area contributed by atoms with E-state index in [1.807, 2.05) is 42.2 Å². The molecule has 0 spiro atoms. The molecule has 1 aliphatic heterocycles. The van der Waals surface area contributed by atoms with Gasteiger partial charge in [0.15, 0.2) is 0 Å². The Balaban J connectivity index is 1.86. The number of nitriles is 1. The molecule has 176 valence electrons. The van der Waals surface area contributed by atoms with Crippen LogP contribution < -0.4 is 4.90 Å². The van der Waals surface area contributed by atoms with Crippen molar-refractivity contribution in [2.24, 2.45) is 10.2 Å². The molecule has 9 nitrogen and oxygen atoms in total. The smallest absolute Gasteiger partial charge is 0.271 e. The van der Waals surface area contributed by atoms with E-state index in [1.165, 1.54) is 6.08 Å². The summed E-state index contributed by atoms with van der Waals surface area (Å²) >= 11 is 7.40. The summed E-state index contributed by atoms with van der Waals surface area (Å²) in [5, 5.41) is 27.3. The molecule has 3 rings (SSSR count). The number of amides is 2. The molecule has 0 atom stereocenters. The van der Waals surface area contributed by atoms with Crippen molar-refractivity contribution in [3.05, 3.63) is 51.0 Å². The van der Waals surface area contributed by atoms with Crippen molar-refractivity contribution in [1.82, 2.24) is 9.88 Å². The number of carbonyl (C=O) groups is 2. The van der Waals surface area contributed by atoms with Crippen molar-refractivity contribution < 1.29 is 14.7 Å². The van der Waals surface area contributed by atoms with Crippen LogP contribution in [0.4, 0.5) is 16.5 Å². The number of halogens is 1. The molecular weight excluding hydrogens is 476 g/mol. The second kappa shape index (κ2) is 11.2. The first-order valence-corrected chi connectivity index (χ1v) is 11.8. The third-order valence-corrected chi connectivity index (χ3v) is 6.52. The van der Waals surface area contributed by atoms with E-state index < -0.39 is 11.8 Å². The molecule has 0 saturated carbocycles. The fourth-order valence-corrected chi connectivity index (χ4v) is 4.43.